The van der Waals surface area contributed by atoms with Crippen LogP contribution in [-0.2, 0) is 0 Å². The van der Waals surface area contributed by atoms with Crippen molar-refractivity contribution in [2.45, 2.75) is 0 Å². The summed E-state index contributed by atoms with van der Waals surface area (Å²) in [4.78, 5) is 17.3. The molecule has 0 aliphatic carbocycles. The minimum atomic E-state index is 0.242. The van der Waals surface area contributed by atoms with Gasteiger partial charge in [0.1, 0.15) is 10.3 Å². The molecular formula is C8H4Cl2N2O. The fraction of sp³-hybridized carbons (Fsp3) is 0. The normalized spacial score (nSPS) is 10.6. The van der Waals surface area contributed by atoms with Gasteiger partial charge < -0.3 is 4.98 Å². The van der Waals surface area contributed by atoms with Crippen LogP contribution in [0.3, 0.4) is 0 Å². The van der Waals surface area contributed by atoms with Crippen LogP contribution in [0.2, 0.25) is 10.3 Å². The standard InChI is InChI=1S/C8H4Cl2N2O/c9-6-1-5-7(8(10)12-6)4(3-13)2-11-5/h1-3,11H. The lowest BCUT2D eigenvalue weighted by molar-refractivity contribution is 0.112. The highest BCUT2D eigenvalue weighted by Gasteiger charge is 2.08. The first-order valence-electron chi connectivity index (χ1n) is 3.50. The zero-order valence-electron chi connectivity index (χ0n) is 6.34. The van der Waals surface area contributed by atoms with Crippen LogP contribution in [0.15, 0.2) is 12.3 Å². The Bertz CT molecular complexity index is 478. The predicted molar refractivity (Wildman–Crippen MR) is 51.5 cm³/mol. The van der Waals surface area contributed by atoms with Crippen molar-refractivity contribution >= 4 is 40.4 Å². The maximum atomic E-state index is 10.6. The highest BCUT2D eigenvalue weighted by atomic mass is 35.5. The Kier molecular flexibility index (Phi) is 1.98. The maximum absolute atomic E-state index is 10.6. The fourth-order valence-electron chi connectivity index (χ4n) is 1.19. The number of carbonyl (C=O) groups is 1. The van der Waals surface area contributed by atoms with Crippen LogP contribution >= 0.6 is 23.2 Å². The number of aldehydes is 1. The molecule has 13 heavy (non-hydrogen) atoms. The van der Waals surface area contributed by atoms with Crippen LogP contribution < -0.4 is 0 Å². The van der Waals surface area contributed by atoms with Gasteiger partial charge in [-0.2, -0.15) is 0 Å². The number of hydrogen-bond acceptors (Lipinski definition) is 2. The zero-order chi connectivity index (χ0) is 9.42. The third-order valence-corrected chi connectivity index (χ3v) is 2.21. The van der Waals surface area contributed by atoms with E-state index in [1.807, 2.05) is 0 Å². The van der Waals surface area contributed by atoms with E-state index in [0.717, 1.165) is 6.29 Å². The van der Waals surface area contributed by atoms with E-state index >= 15 is 0 Å². The Morgan fingerprint density at radius 1 is 1.46 bits per heavy atom. The van der Waals surface area contributed by atoms with Crippen LogP contribution in [0.4, 0.5) is 0 Å². The van der Waals surface area contributed by atoms with Gasteiger partial charge in [0.2, 0.25) is 0 Å². The van der Waals surface area contributed by atoms with E-state index in [4.69, 9.17) is 23.2 Å². The number of halogens is 2. The number of aromatic nitrogens is 2. The molecule has 3 nitrogen and oxygen atoms in total. The number of H-pyrrole nitrogens is 1. The Morgan fingerprint density at radius 2 is 2.23 bits per heavy atom. The molecule has 2 heterocycles. The maximum Gasteiger partial charge on any atom is 0.152 e. The second kappa shape index (κ2) is 3.01. The van der Waals surface area contributed by atoms with Crippen LogP contribution in [0.25, 0.3) is 10.9 Å². The molecule has 5 heteroatoms. The second-order valence-corrected chi connectivity index (χ2v) is 3.27. The van der Waals surface area contributed by atoms with Crippen LogP contribution in [-0.4, -0.2) is 16.3 Å². The van der Waals surface area contributed by atoms with Gasteiger partial charge in [-0.1, -0.05) is 23.2 Å². The molecule has 0 aliphatic rings. The number of nitrogens with zero attached hydrogens (tertiary/aromatic N) is 1. The monoisotopic (exact) mass is 214 g/mol. The van der Waals surface area contributed by atoms with Gasteiger partial charge in [-0.3, -0.25) is 4.79 Å². The molecular weight excluding hydrogens is 211 g/mol. The van der Waals surface area contributed by atoms with E-state index in [-0.39, 0.29) is 5.15 Å². The highest BCUT2D eigenvalue weighted by Crippen LogP contribution is 2.26. The summed E-state index contributed by atoms with van der Waals surface area (Å²) in [5, 5.41) is 1.16. The quantitative estimate of drug-likeness (QED) is 0.587. The molecule has 2 aromatic heterocycles. The van der Waals surface area contributed by atoms with Crippen molar-refractivity contribution < 1.29 is 4.79 Å². The lowest BCUT2D eigenvalue weighted by atomic mass is 10.2. The van der Waals surface area contributed by atoms with Gasteiger partial charge in [-0.25, -0.2) is 4.98 Å². The van der Waals surface area contributed by atoms with Crippen molar-refractivity contribution in [3.05, 3.63) is 28.1 Å². The van der Waals surface area contributed by atoms with Gasteiger partial charge in [0.15, 0.2) is 6.29 Å². The highest BCUT2D eigenvalue weighted by molar-refractivity contribution is 6.37. The van der Waals surface area contributed by atoms with E-state index in [1.165, 1.54) is 0 Å². The number of nitrogens with one attached hydrogen (secondary N) is 1. The van der Waals surface area contributed by atoms with Crippen molar-refractivity contribution in [1.82, 2.24) is 9.97 Å². The first-order chi connectivity index (χ1) is 6.22. The lowest BCUT2D eigenvalue weighted by Crippen LogP contribution is -1.81. The van der Waals surface area contributed by atoms with E-state index < -0.39 is 0 Å². The van der Waals surface area contributed by atoms with E-state index in [0.29, 0.717) is 21.6 Å². The molecule has 0 saturated heterocycles. The molecule has 0 radical (unpaired) electrons. The molecule has 0 unspecified atom stereocenters. The molecule has 2 rings (SSSR count). The molecule has 0 saturated carbocycles. The van der Waals surface area contributed by atoms with Crippen LogP contribution in [0.5, 0.6) is 0 Å². The first-order valence-corrected chi connectivity index (χ1v) is 4.26. The molecule has 0 aromatic carbocycles. The third kappa shape index (κ3) is 1.30. The van der Waals surface area contributed by atoms with Crippen LogP contribution in [0, 0.1) is 0 Å². The Labute approximate surface area is 83.7 Å². The summed E-state index contributed by atoms with van der Waals surface area (Å²) in [7, 11) is 0. The minimum Gasteiger partial charge on any atom is -0.360 e. The molecule has 2 aromatic rings. The largest absolute Gasteiger partial charge is 0.360 e. The van der Waals surface area contributed by atoms with Gasteiger partial charge in [-0.15, -0.1) is 0 Å². The summed E-state index contributed by atoms with van der Waals surface area (Å²) in [5.41, 5.74) is 1.20. The van der Waals surface area contributed by atoms with Gasteiger partial charge in [0.05, 0.1) is 5.52 Å². The Balaban J connectivity index is 2.89. The third-order valence-electron chi connectivity index (χ3n) is 1.74. The Morgan fingerprint density at radius 3 is 2.92 bits per heavy atom. The van der Waals surface area contributed by atoms with Gasteiger partial charge in [-0.05, 0) is 6.07 Å². The van der Waals surface area contributed by atoms with Crippen molar-refractivity contribution in [3.63, 3.8) is 0 Å². The van der Waals surface area contributed by atoms with Crippen LogP contribution in [0.1, 0.15) is 10.4 Å². The first kappa shape index (κ1) is 8.53. The van der Waals surface area contributed by atoms with Crippen molar-refractivity contribution in [3.8, 4) is 0 Å². The average Bonchev–Trinajstić information content (AvgIpc) is 2.47. The average molecular weight is 215 g/mol. The summed E-state index contributed by atoms with van der Waals surface area (Å²) >= 11 is 11.5. The number of aromatic amines is 1. The Hall–Kier alpha value is -1.06. The molecule has 0 atom stereocenters. The smallest absolute Gasteiger partial charge is 0.152 e. The molecule has 66 valence electrons. The zero-order valence-corrected chi connectivity index (χ0v) is 7.86. The van der Waals surface area contributed by atoms with Gasteiger partial charge in [0, 0.05) is 17.1 Å². The topological polar surface area (TPSA) is 45.8 Å². The van der Waals surface area contributed by atoms with Crippen molar-refractivity contribution in [2.24, 2.45) is 0 Å². The lowest BCUT2D eigenvalue weighted by Gasteiger charge is -1.95. The molecule has 0 amide bonds. The minimum absolute atomic E-state index is 0.242. The van der Waals surface area contributed by atoms with Crippen molar-refractivity contribution in [2.75, 3.05) is 0 Å². The van der Waals surface area contributed by atoms with Gasteiger partial charge >= 0.3 is 0 Å². The summed E-state index contributed by atoms with van der Waals surface area (Å²) in [5.74, 6) is 0. The molecule has 0 aliphatic heterocycles. The molecule has 0 bridgehead atoms. The van der Waals surface area contributed by atoms with E-state index in [1.54, 1.807) is 12.3 Å². The second-order valence-electron chi connectivity index (χ2n) is 2.52. The molecule has 1 N–H and O–H groups in total. The number of carbonyl (C=O) groups excluding carboxylic acids is 1. The summed E-state index contributed by atoms with van der Waals surface area (Å²) < 4.78 is 0. The summed E-state index contributed by atoms with van der Waals surface area (Å²) in [6.45, 7) is 0. The number of hydrogen-bond donors (Lipinski definition) is 1. The number of fused-ring (bicyclic) bond motifs is 1. The van der Waals surface area contributed by atoms with E-state index in [2.05, 4.69) is 9.97 Å². The number of rotatable bonds is 1. The fourth-order valence-corrected chi connectivity index (χ4v) is 1.73. The summed E-state index contributed by atoms with van der Waals surface area (Å²) in [6, 6.07) is 1.62. The molecule has 0 spiro atoms. The SMILES string of the molecule is O=Cc1c[nH]c2cc(Cl)nc(Cl)c12. The van der Waals surface area contributed by atoms with Gasteiger partial charge in [0.25, 0.3) is 0 Å². The molecule has 0 fully saturated rings. The summed E-state index contributed by atoms with van der Waals surface area (Å²) in [6.07, 6.45) is 2.29. The predicted octanol–water partition coefficient (Wildman–Crippen LogP) is 2.68. The number of pyridine rings is 1. The van der Waals surface area contributed by atoms with Crippen molar-refractivity contribution in [1.29, 1.82) is 0 Å². The van der Waals surface area contributed by atoms with E-state index in [9.17, 15) is 4.79 Å².